The van der Waals surface area contributed by atoms with E-state index in [0.29, 0.717) is 5.56 Å². The van der Waals surface area contributed by atoms with E-state index in [2.05, 4.69) is 37.4 Å². The Labute approximate surface area is 292 Å². The Hall–Kier alpha value is -6.73. The lowest BCUT2D eigenvalue weighted by molar-refractivity contribution is -0.124. The van der Waals surface area contributed by atoms with E-state index in [-0.39, 0.29) is 44.2 Å². The fourth-order valence-electron chi connectivity index (χ4n) is 5.43. The average molecular weight is 690 g/mol. The Morgan fingerprint density at radius 2 is 1.67 bits per heavy atom. The van der Waals surface area contributed by atoms with Crippen LogP contribution in [-0.4, -0.2) is 40.4 Å². The van der Waals surface area contributed by atoms with Gasteiger partial charge in [0.25, 0.3) is 5.56 Å². The number of ether oxygens (including phenoxy) is 2. The number of carbonyl (C=O) groups excluding carboxylic acids is 3. The van der Waals surface area contributed by atoms with E-state index in [1.165, 1.54) is 18.5 Å². The average Bonchev–Trinajstić information content (AvgIpc) is 3.45. The molecule has 0 radical (unpaired) electrons. The summed E-state index contributed by atoms with van der Waals surface area (Å²) in [5, 5.41) is 10.6. The molecule has 5 rings (SSSR count). The zero-order valence-corrected chi connectivity index (χ0v) is 27.7. The molecule has 1 aromatic heterocycles. The lowest BCUT2D eigenvalue weighted by Gasteiger charge is -2.22. The number of rotatable bonds is 13. The summed E-state index contributed by atoms with van der Waals surface area (Å²) in [5.74, 6) is -0.424. The predicted octanol–water partition coefficient (Wildman–Crippen LogP) is 5.62. The topological polar surface area (TPSA) is 193 Å². The summed E-state index contributed by atoms with van der Waals surface area (Å²) in [6.07, 6.45) is 2.55. The van der Waals surface area contributed by atoms with Crippen molar-refractivity contribution >= 4 is 30.0 Å². The van der Waals surface area contributed by atoms with Gasteiger partial charge in [-0.2, -0.15) is 5.10 Å². The van der Waals surface area contributed by atoms with Crippen molar-refractivity contribution in [1.82, 2.24) is 20.3 Å². The summed E-state index contributed by atoms with van der Waals surface area (Å²) in [7, 11) is 0. The zero-order chi connectivity index (χ0) is 36.2. The molecule has 2 N–H and O–H groups in total. The first-order valence-corrected chi connectivity index (χ1v) is 15.9. The number of anilines is 1. The quantitative estimate of drug-likeness (QED) is 0.0454. The maximum absolute atomic E-state index is 14.0. The van der Waals surface area contributed by atoms with Crippen LogP contribution in [0.5, 0.6) is 0 Å². The predicted molar refractivity (Wildman–Crippen MR) is 188 cm³/mol. The van der Waals surface area contributed by atoms with Gasteiger partial charge in [-0.05, 0) is 41.1 Å². The van der Waals surface area contributed by atoms with Gasteiger partial charge in [-0.15, -0.1) is 6.58 Å². The van der Waals surface area contributed by atoms with Crippen LogP contribution < -0.4 is 21.2 Å². The number of aromatic nitrogens is 2. The van der Waals surface area contributed by atoms with Crippen LogP contribution in [0.2, 0.25) is 0 Å². The Kier molecular flexibility index (Phi) is 11.6. The molecule has 15 heteroatoms. The van der Waals surface area contributed by atoms with Crippen LogP contribution in [0.25, 0.3) is 10.4 Å². The fourth-order valence-corrected chi connectivity index (χ4v) is 5.43. The van der Waals surface area contributed by atoms with Gasteiger partial charge in [-0.25, -0.2) is 20.0 Å². The molecule has 0 saturated heterocycles. The lowest BCUT2D eigenvalue weighted by atomic mass is 9.97. The smallest absolute Gasteiger partial charge is 0.428 e. The second-order valence-electron chi connectivity index (χ2n) is 11.7. The van der Waals surface area contributed by atoms with Crippen LogP contribution in [0.15, 0.2) is 119 Å². The van der Waals surface area contributed by atoms with Crippen molar-refractivity contribution in [3.05, 3.63) is 153 Å². The van der Waals surface area contributed by atoms with Crippen LogP contribution >= 0.6 is 0 Å². The summed E-state index contributed by atoms with van der Waals surface area (Å²) in [6, 6.07) is 24.2. The molecule has 15 nitrogen and oxygen atoms in total. The van der Waals surface area contributed by atoms with E-state index < -0.39 is 35.2 Å². The Balaban J connectivity index is 1.25. The first kappa shape index (κ1) is 35.6. The molecule has 1 aliphatic rings. The summed E-state index contributed by atoms with van der Waals surface area (Å²) in [5.41, 5.74) is 12.5. The molecule has 4 aromatic rings. The van der Waals surface area contributed by atoms with Crippen molar-refractivity contribution in [2.24, 2.45) is 10.2 Å². The third-order valence-corrected chi connectivity index (χ3v) is 7.98. The molecule has 0 saturated carbocycles. The highest BCUT2D eigenvalue weighted by Crippen LogP contribution is 2.40. The van der Waals surface area contributed by atoms with Gasteiger partial charge in [0, 0.05) is 18.0 Å². The van der Waals surface area contributed by atoms with E-state index in [4.69, 9.17) is 9.47 Å². The molecule has 260 valence electrons. The lowest BCUT2D eigenvalue weighted by Crippen LogP contribution is -2.41. The Morgan fingerprint density at radius 1 is 1.02 bits per heavy atom. The molecule has 0 fully saturated rings. The van der Waals surface area contributed by atoms with E-state index >= 15 is 0 Å². The highest BCUT2D eigenvalue weighted by atomic mass is 16.6. The standard InChI is InChI=1S/C36H35N9O6/c1-3-18-44(35(49)51-24-28-12-8-5-9-13-28)30-22-39-33-36(2,42-43-37)19-29(45(33)32(30)47)31(46)38-20-25-14-16-26(17-15-25)21-40-41-34(48)50-23-27-10-6-4-7-11-27/h3-17,21-22,29H,1,18-20,23-24H2,2H3,(H,38,46)(H,41,48)/t29-,36+/m0/s1. The molecule has 51 heavy (non-hydrogen) atoms. The summed E-state index contributed by atoms with van der Waals surface area (Å²) >= 11 is 0. The molecule has 1 aliphatic heterocycles. The molecule has 3 amide bonds. The minimum atomic E-state index is -1.31. The van der Waals surface area contributed by atoms with Crippen molar-refractivity contribution in [1.29, 1.82) is 0 Å². The number of azide groups is 1. The zero-order valence-electron chi connectivity index (χ0n) is 27.7. The van der Waals surface area contributed by atoms with Crippen LogP contribution in [-0.2, 0) is 39.6 Å². The van der Waals surface area contributed by atoms with Crippen LogP contribution in [0.3, 0.4) is 0 Å². The minimum absolute atomic E-state index is 0.0263. The number of hydrogen-bond donors (Lipinski definition) is 2. The van der Waals surface area contributed by atoms with Crippen LogP contribution in [0, 0.1) is 0 Å². The number of hydrazone groups is 1. The maximum atomic E-state index is 14.0. The van der Waals surface area contributed by atoms with E-state index in [1.807, 2.05) is 48.5 Å². The number of fused-ring (bicyclic) bond motifs is 1. The Morgan fingerprint density at radius 3 is 2.29 bits per heavy atom. The summed E-state index contributed by atoms with van der Waals surface area (Å²) < 4.78 is 11.8. The van der Waals surface area contributed by atoms with Crippen LogP contribution in [0.1, 0.15) is 47.5 Å². The van der Waals surface area contributed by atoms with E-state index in [0.717, 1.165) is 26.2 Å². The molecule has 0 bridgehead atoms. The molecule has 0 unspecified atom stereocenters. The summed E-state index contributed by atoms with van der Waals surface area (Å²) in [4.78, 5) is 61.1. The number of nitrogens with one attached hydrogen (secondary N) is 2. The van der Waals surface area contributed by atoms with Gasteiger partial charge >= 0.3 is 12.2 Å². The number of benzene rings is 3. The van der Waals surface area contributed by atoms with Crippen molar-refractivity contribution in [3.63, 3.8) is 0 Å². The van der Waals surface area contributed by atoms with Crippen molar-refractivity contribution < 1.29 is 23.9 Å². The highest BCUT2D eigenvalue weighted by Gasteiger charge is 2.46. The van der Waals surface area contributed by atoms with Gasteiger partial charge in [-0.1, -0.05) is 96.1 Å². The molecule has 0 spiro atoms. The molecular weight excluding hydrogens is 654 g/mol. The Bertz CT molecular complexity index is 2010. The third-order valence-electron chi connectivity index (χ3n) is 7.98. The maximum Gasteiger partial charge on any atom is 0.428 e. The highest BCUT2D eigenvalue weighted by molar-refractivity contribution is 5.88. The van der Waals surface area contributed by atoms with Gasteiger partial charge in [0.1, 0.15) is 36.3 Å². The summed E-state index contributed by atoms with van der Waals surface area (Å²) in [6.45, 7) is 5.41. The largest absolute Gasteiger partial charge is 0.444 e. The molecule has 3 aromatic carbocycles. The molecular formula is C36H35N9O6. The van der Waals surface area contributed by atoms with Gasteiger partial charge < -0.3 is 14.8 Å². The normalized spacial score (nSPS) is 16.0. The van der Waals surface area contributed by atoms with E-state index in [9.17, 15) is 24.7 Å². The second-order valence-corrected chi connectivity index (χ2v) is 11.7. The molecule has 2 heterocycles. The number of nitrogens with zero attached hydrogens (tertiary/aromatic N) is 7. The number of hydrogen-bond acceptors (Lipinski definition) is 9. The van der Waals surface area contributed by atoms with Crippen LogP contribution in [0.4, 0.5) is 15.3 Å². The SMILES string of the molecule is C=CCN(C(=O)OCc1ccccc1)c1cnc2n(c1=O)[C@H](C(=O)NCc1ccc(C=NNC(=O)OCc3ccccc3)cc1)C[C@@]2(C)N=[N+]=[N-]. The minimum Gasteiger partial charge on any atom is -0.444 e. The van der Waals surface area contributed by atoms with Crippen molar-refractivity contribution in [2.75, 3.05) is 11.4 Å². The van der Waals surface area contributed by atoms with Gasteiger partial charge in [0.2, 0.25) is 5.91 Å². The second kappa shape index (κ2) is 16.6. The molecule has 0 aliphatic carbocycles. The van der Waals surface area contributed by atoms with Crippen molar-refractivity contribution in [3.8, 4) is 0 Å². The van der Waals surface area contributed by atoms with E-state index in [1.54, 1.807) is 43.3 Å². The van der Waals surface area contributed by atoms with Crippen molar-refractivity contribution in [2.45, 2.75) is 44.7 Å². The van der Waals surface area contributed by atoms with Gasteiger partial charge in [0.15, 0.2) is 0 Å². The third kappa shape index (κ3) is 8.85. The number of carbonyl (C=O) groups is 3. The van der Waals surface area contributed by atoms with Gasteiger partial charge in [-0.3, -0.25) is 19.1 Å². The molecule has 2 atom stereocenters. The first-order valence-electron chi connectivity index (χ1n) is 15.9. The monoisotopic (exact) mass is 689 g/mol. The fraction of sp³-hybridized carbons (Fsp3) is 0.222. The van der Waals surface area contributed by atoms with Gasteiger partial charge in [0.05, 0.1) is 12.4 Å². The first-order chi connectivity index (χ1) is 24.7. The number of amides is 3.